The summed E-state index contributed by atoms with van der Waals surface area (Å²) < 4.78 is 6.23. The Morgan fingerprint density at radius 2 is 1.29 bits per heavy atom. The van der Waals surface area contributed by atoms with Gasteiger partial charge in [-0.05, 0) is 0 Å². The Morgan fingerprint density at radius 1 is 0.941 bits per heavy atom. The van der Waals surface area contributed by atoms with Crippen LogP contribution in [0, 0.1) is 0 Å². The summed E-state index contributed by atoms with van der Waals surface area (Å²) in [6.07, 6.45) is 11.8. The fourth-order valence-corrected chi connectivity index (χ4v) is 16.1. The van der Waals surface area contributed by atoms with Gasteiger partial charge < -0.3 is 0 Å². The van der Waals surface area contributed by atoms with Crippen molar-refractivity contribution in [1.82, 2.24) is 0 Å². The molecule has 0 aromatic carbocycles. The van der Waals surface area contributed by atoms with E-state index >= 15 is 0 Å². The Bertz CT molecular complexity index is 430. The van der Waals surface area contributed by atoms with Crippen LogP contribution in [0.15, 0.2) is 42.0 Å². The first-order chi connectivity index (χ1) is 7.03. The molecule has 0 saturated carbocycles. The molecule has 95 valence electrons. The monoisotopic (exact) mass is 365 g/mol. The van der Waals surface area contributed by atoms with Gasteiger partial charge in [0.05, 0.1) is 0 Å². The maximum atomic E-state index is 2.59. The molecule has 0 aliphatic heterocycles. The molecule has 2 aliphatic rings. The third-order valence-corrected chi connectivity index (χ3v) is 18.2. The molecule has 2 aliphatic carbocycles. The molecule has 0 unspecified atom stereocenters. The fraction of sp³-hybridized carbons (Fsp3) is 0.385. The minimum Gasteiger partial charge on any atom is -0.147 e. The number of hydrogen-bond acceptors (Lipinski definition) is 0. The van der Waals surface area contributed by atoms with Crippen LogP contribution in [0.4, 0.5) is 0 Å². The molecular formula is C13H21Cl2SiZr. The van der Waals surface area contributed by atoms with Gasteiger partial charge in [0, 0.05) is 0 Å². The molecule has 2 rings (SSSR count). The Balaban J connectivity index is 0.00000128. The minimum atomic E-state index is -2.10. The van der Waals surface area contributed by atoms with Crippen LogP contribution in [0.3, 0.4) is 0 Å². The Hall–Kier alpha value is 0.640. The normalized spacial score (nSPS) is 18.5. The number of halogens is 2. The topological polar surface area (TPSA) is 0 Å². The average Bonchev–Trinajstić information content (AvgIpc) is 2.73. The second kappa shape index (κ2) is 6.70. The first-order valence-electron chi connectivity index (χ1n) is 5.62. The van der Waals surface area contributed by atoms with E-state index in [0.29, 0.717) is 0 Å². The number of hydrogen-bond donors (Lipinski definition) is 0. The smallest absolute Gasteiger partial charge is 0.147 e. The second-order valence-corrected chi connectivity index (χ2v) is 22.8. The zero-order valence-electron chi connectivity index (χ0n) is 10.7. The number of rotatable bonds is 2. The molecule has 0 heterocycles. The molecule has 0 N–H and O–H groups in total. The van der Waals surface area contributed by atoms with E-state index in [4.69, 9.17) is 0 Å². The SMILES string of the molecule is CC1=[C]([Zr]([CH3])(=[SiH2])[C]2=C(C)C=CC2)CC=C1.Cl.Cl. The van der Waals surface area contributed by atoms with Gasteiger partial charge in [0.1, 0.15) is 0 Å². The molecule has 4 heteroatoms. The molecule has 17 heavy (non-hydrogen) atoms. The van der Waals surface area contributed by atoms with Crippen molar-refractivity contribution in [2.75, 3.05) is 0 Å². The van der Waals surface area contributed by atoms with Gasteiger partial charge in [0.15, 0.2) is 0 Å². The fourth-order valence-electron chi connectivity index (χ4n) is 2.73. The quantitative estimate of drug-likeness (QED) is 0.646. The van der Waals surface area contributed by atoms with Crippen LogP contribution in [0.1, 0.15) is 26.7 Å². The largest absolute Gasteiger partial charge is 0.147 e. The summed E-state index contributed by atoms with van der Waals surface area (Å²) >= 11 is -2.10. The van der Waals surface area contributed by atoms with E-state index in [1.54, 1.807) is 11.1 Å². The first kappa shape index (κ1) is 17.6. The van der Waals surface area contributed by atoms with Gasteiger partial charge in [-0.1, -0.05) is 0 Å². The Morgan fingerprint density at radius 3 is 1.53 bits per heavy atom. The van der Waals surface area contributed by atoms with Gasteiger partial charge in [-0.2, -0.15) is 0 Å². The van der Waals surface area contributed by atoms with Crippen molar-refractivity contribution in [1.29, 1.82) is 0 Å². The zero-order valence-corrected chi connectivity index (χ0v) is 16.3. The third-order valence-electron chi connectivity index (χ3n) is 3.66. The standard InChI is InChI=1S/2C6H7.CH3.2ClH.H2Si.Zr/c2*1-6-4-2-3-5-6;;;;;/h2*2,4H,3H2,1H3;1H3;2*1H;1H2;. The molecule has 0 amide bonds. The molecule has 0 atom stereocenters. The van der Waals surface area contributed by atoms with Crippen LogP contribution in [0.2, 0.25) is 4.63 Å². The Labute approximate surface area is 123 Å². The number of allylic oxidation sites excluding steroid dienone is 8. The molecule has 0 spiro atoms. The van der Waals surface area contributed by atoms with E-state index in [2.05, 4.69) is 49.7 Å². The van der Waals surface area contributed by atoms with Gasteiger partial charge >= 0.3 is 99.1 Å². The molecule has 0 radical (unpaired) electrons. The van der Waals surface area contributed by atoms with E-state index in [1.165, 1.54) is 12.8 Å². The van der Waals surface area contributed by atoms with Crippen LogP contribution in [0.5, 0.6) is 0 Å². The summed E-state index contributed by atoms with van der Waals surface area (Å²) in [6, 6.07) is 0. The van der Waals surface area contributed by atoms with E-state index in [0.717, 1.165) is 0 Å². The molecular weight excluding hydrogens is 346 g/mol. The summed E-state index contributed by atoms with van der Waals surface area (Å²) in [5.41, 5.74) is 3.13. The van der Waals surface area contributed by atoms with Crippen LogP contribution >= 0.6 is 24.8 Å². The average molecular weight is 368 g/mol. The summed E-state index contributed by atoms with van der Waals surface area (Å²) in [5.74, 6) is 0. The summed E-state index contributed by atoms with van der Waals surface area (Å²) in [5, 5.41) is 0. The van der Waals surface area contributed by atoms with Crippen molar-refractivity contribution in [2.45, 2.75) is 31.3 Å². The predicted molar refractivity (Wildman–Crippen MR) is 81.8 cm³/mol. The predicted octanol–water partition coefficient (Wildman–Crippen LogP) is 4.05. The van der Waals surface area contributed by atoms with E-state index < -0.39 is 18.9 Å². The van der Waals surface area contributed by atoms with Gasteiger partial charge in [-0.15, -0.1) is 24.8 Å². The van der Waals surface area contributed by atoms with Crippen molar-refractivity contribution < 1.29 is 18.9 Å². The van der Waals surface area contributed by atoms with E-state index in [-0.39, 0.29) is 24.8 Å². The van der Waals surface area contributed by atoms with Crippen molar-refractivity contribution >= 4 is 31.7 Å². The summed E-state index contributed by atoms with van der Waals surface area (Å²) in [7, 11) is 0. The summed E-state index contributed by atoms with van der Waals surface area (Å²) in [6.45, 7) is 6.93. The van der Waals surface area contributed by atoms with Gasteiger partial charge in [-0.3, -0.25) is 0 Å². The van der Waals surface area contributed by atoms with E-state index in [9.17, 15) is 0 Å². The van der Waals surface area contributed by atoms with Gasteiger partial charge in [0.2, 0.25) is 0 Å². The molecule has 0 saturated heterocycles. The van der Waals surface area contributed by atoms with Gasteiger partial charge in [-0.25, -0.2) is 0 Å². The third kappa shape index (κ3) is 3.35. The molecule has 0 aromatic heterocycles. The van der Waals surface area contributed by atoms with Crippen molar-refractivity contribution in [3.05, 3.63) is 42.0 Å². The van der Waals surface area contributed by atoms with Gasteiger partial charge in [0.25, 0.3) is 0 Å². The van der Waals surface area contributed by atoms with Crippen LogP contribution in [-0.4, -0.2) is 6.88 Å². The van der Waals surface area contributed by atoms with Crippen LogP contribution in [0.25, 0.3) is 0 Å². The maximum Gasteiger partial charge on any atom is -0.147 e. The van der Waals surface area contributed by atoms with Crippen LogP contribution < -0.4 is 0 Å². The zero-order chi connectivity index (χ0) is 11.1. The molecule has 0 fully saturated rings. The van der Waals surface area contributed by atoms with Crippen molar-refractivity contribution in [3.63, 3.8) is 0 Å². The molecule has 0 aromatic rings. The first-order valence-corrected chi connectivity index (χ1v) is 16.5. The van der Waals surface area contributed by atoms with E-state index in [1.807, 2.05) is 6.56 Å². The molecule has 0 nitrogen and oxygen atoms in total. The second-order valence-electron chi connectivity index (χ2n) is 4.87. The van der Waals surface area contributed by atoms with Crippen molar-refractivity contribution in [3.8, 4) is 0 Å². The summed E-state index contributed by atoms with van der Waals surface area (Å²) in [4.78, 5) is 0. The minimum absolute atomic E-state index is 0. The maximum absolute atomic E-state index is 2.59. The van der Waals surface area contributed by atoms with Crippen molar-refractivity contribution in [2.24, 2.45) is 0 Å². The Kier molecular flexibility index (Phi) is 6.96. The van der Waals surface area contributed by atoms with Crippen LogP contribution in [-0.2, 0) is 18.9 Å². The molecule has 0 bridgehead atoms.